The average Bonchev–Trinajstić information content (AvgIpc) is 3.09. The first-order chi connectivity index (χ1) is 14.8. The Hall–Kier alpha value is -1.14. The molecule has 31 heavy (non-hydrogen) atoms. The van der Waals surface area contributed by atoms with Crippen molar-refractivity contribution in [2.45, 2.75) is 50.1 Å². The molecule has 0 bridgehead atoms. The topological polar surface area (TPSA) is 0 Å². The molecule has 0 heterocycles. The number of hydrogen-bond donors (Lipinski definition) is 0. The summed E-state index contributed by atoms with van der Waals surface area (Å²) in [4.78, 5) is 0. The SMILES string of the molecule is CC1=Cc2c(ccc(-c3ccccc3)c2-c2cc(C(C)C)cc(C(C)C)c2)[CH]1[Zr]([Cl])[Cl]. The van der Waals surface area contributed by atoms with Crippen LogP contribution in [0.25, 0.3) is 28.3 Å². The van der Waals surface area contributed by atoms with Gasteiger partial charge in [0.15, 0.2) is 0 Å². The summed E-state index contributed by atoms with van der Waals surface area (Å²) in [5.74, 6) is 0.954. The Kier molecular flexibility index (Phi) is 6.97. The van der Waals surface area contributed by atoms with Crippen LogP contribution in [-0.2, 0) is 19.4 Å². The maximum atomic E-state index is 6.62. The molecule has 3 aromatic carbocycles. The summed E-state index contributed by atoms with van der Waals surface area (Å²) in [5.41, 5.74) is 11.8. The number of benzene rings is 3. The monoisotopic (exact) mass is 525 g/mol. The zero-order valence-electron chi connectivity index (χ0n) is 18.8. The number of rotatable bonds is 5. The molecule has 0 N–H and O–H groups in total. The summed E-state index contributed by atoms with van der Waals surface area (Å²) in [6.45, 7) is 11.3. The summed E-state index contributed by atoms with van der Waals surface area (Å²) in [5, 5.41) is 0. The van der Waals surface area contributed by atoms with E-state index in [1.807, 2.05) is 0 Å². The van der Waals surface area contributed by atoms with Crippen molar-refractivity contribution in [1.29, 1.82) is 0 Å². The van der Waals surface area contributed by atoms with E-state index in [1.54, 1.807) is 0 Å². The molecule has 3 aromatic rings. The van der Waals surface area contributed by atoms with Gasteiger partial charge in [-0.25, -0.2) is 0 Å². The molecule has 1 aliphatic carbocycles. The second-order valence-corrected chi connectivity index (χ2v) is 18.0. The molecule has 0 fully saturated rings. The van der Waals surface area contributed by atoms with Crippen LogP contribution in [0.5, 0.6) is 0 Å². The number of halogens is 2. The molecule has 4 rings (SSSR count). The predicted octanol–water partition coefficient (Wildman–Crippen LogP) is 9.65. The molecule has 159 valence electrons. The van der Waals surface area contributed by atoms with Gasteiger partial charge >= 0.3 is 203 Å². The van der Waals surface area contributed by atoms with E-state index in [2.05, 4.69) is 101 Å². The Labute approximate surface area is 202 Å². The minimum atomic E-state index is -2.50. The molecule has 1 unspecified atom stereocenters. The molecule has 0 spiro atoms. The van der Waals surface area contributed by atoms with E-state index in [0.717, 1.165) is 0 Å². The zero-order chi connectivity index (χ0) is 22.3. The van der Waals surface area contributed by atoms with Crippen molar-refractivity contribution in [3.63, 3.8) is 0 Å². The standard InChI is InChI=1S/C28H29.2ClH.Zr/c1-18(2)23-15-24(19(3)4)17-25(16-23)28-26(21-9-7-6-8-10-21)12-11-22-13-20(5)14-27(22)28;;;/h6-19H,1-5H3;2*1H;/q;;;+2/p-2. The van der Waals surface area contributed by atoms with E-state index in [-0.39, 0.29) is 3.63 Å². The molecule has 0 saturated carbocycles. The molecular formula is C28H29Cl2Zr. The second kappa shape index (κ2) is 9.39. The second-order valence-electron chi connectivity index (χ2n) is 9.17. The van der Waals surface area contributed by atoms with Crippen molar-refractivity contribution in [1.82, 2.24) is 0 Å². The van der Waals surface area contributed by atoms with Crippen LogP contribution >= 0.6 is 17.0 Å². The molecular weight excluding hydrogens is 498 g/mol. The van der Waals surface area contributed by atoms with Gasteiger partial charge in [-0.15, -0.1) is 0 Å². The van der Waals surface area contributed by atoms with Gasteiger partial charge in [-0.05, 0) is 0 Å². The third-order valence-electron chi connectivity index (χ3n) is 6.32. The summed E-state index contributed by atoms with van der Waals surface area (Å²) >= 11 is -2.50. The molecule has 1 atom stereocenters. The fourth-order valence-electron chi connectivity index (χ4n) is 4.55. The van der Waals surface area contributed by atoms with Crippen molar-refractivity contribution in [3.8, 4) is 22.3 Å². The van der Waals surface area contributed by atoms with Crippen LogP contribution in [0, 0.1) is 0 Å². The first-order valence-electron chi connectivity index (χ1n) is 11.0. The van der Waals surface area contributed by atoms with Crippen LogP contribution in [0.3, 0.4) is 0 Å². The summed E-state index contributed by atoms with van der Waals surface area (Å²) in [6.07, 6.45) is 2.34. The van der Waals surface area contributed by atoms with Gasteiger partial charge < -0.3 is 0 Å². The predicted molar refractivity (Wildman–Crippen MR) is 134 cm³/mol. The van der Waals surface area contributed by atoms with Crippen molar-refractivity contribution >= 4 is 23.1 Å². The fourth-order valence-corrected chi connectivity index (χ4v) is 10.2. The van der Waals surface area contributed by atoms with Crippen LogP contribution in [0.1, 0.15) is 72.3 Å². The quantitative estimate of drug-likeness (QED) is 0.310. The third-order valence-corrected chi connectivity index (χ3v) is 11.9. The molecule has 1 aliphatic rings. The normalized spacial score (nSPS) is 15.4. The van der Waals surface area contributed by atoms with Gasteiger partial charge in [0.05, 0.1) is 0 Å². The molecule has 0 aliphatic heterocycles. The molecule has 0 radical (unpaired) electrons. The van der Waals surface area contributed by atoms with Gasteiger partial charge in [0.1, 0.15) is 0 Å². The Balaban J connectivity index is 2.05. The van der Waals surface area contributed by atoms with E-state index >= 15 is 0 Å². The molecule has 0 saturated heterocycles. The Morgan fingerprint density at radius 1 is 0.774 bits per heavy atom. The molecule has 0 amide bonds. The summed E-state index contributed by atoms with van der Waals surface area (Å²) in [6, 6.07) is 22.4. The van der Waals surface area contributed by atoms with E-state index in [0.29, 0.717) is 11.8 Å². The first kappa shape index (κ1) is 23.0. The van der Waals surface area contributed by atoms with Crippen molar-refractivity contribution in [2.75, 3.05) is 0 Å². The van der Waals surface area contributed by atoms with E-state index in [4.69, 9.17) is 17.0 Å². The van der Waals surface area contributed by atoms with Gasteiger partial charge in [0, 0.05) is 0 Å². The Bertz CT molecular complexity index is 1100. The number of allylic oxidation sites excluding steroid dienone is 1. The van der Waals surface area contributed by atoms with Crippen LogP contribution in [-0.4, -0.2) is 0 Å². The van der Waals surface area contributed by atoms with Crippen molar-refractivity contribution in [3.05, 3.63) is 88.5 Å². The van der Waals surface area contributed by atoms with Gasteiger partial charge in [0.25, 0.3) is 0 Å². The van der Waals surface area contributed by atoms with E-state index in [1.165, 1.54) is 50.1 Å². The first-order valence-corrected chi connectivity index (χ1v) is 18.8. The number of fused-ring (bicyclic) bond motifs is 1. The van der Waals surface area contributed by atoms with Gasteiger partial charge in [-0.1, -0.05) is 0 Å². The van der Waals surface area contributed by atoms with Crippen LogP contribution in [0.15, 0.2) is 66.2 Å². The Morgan fingerprint density at radius 2 is 1.39 bits per heavy atom. The third kappa shape index (κ3) is 4.52. The maximum absolute atomic E-state index is 6.62. The molecule has 0 aromatic heterocycles. The fraction of sp³-hybridized carbons (Fsp3) is 0.286. The van der Waals surface area contributed by atoms with Crippen molar-refractivity contribution in [2.24, 2.45) is 0 Å². The van der Waals surface area contributed by atoms with E-state index in [9.17, 15) is 0 Å². The molecule has 3 heteroatoms. The Morgan fingerprint density at radius 3 is 1.94 bits per heavy atom. The minimum absolute atomic E-state index is 0.238. The average molecular weight is 528 g/mol. The van der Waals surface area contributed by atoms with Crippen LogP contribution in [0.4, 0.5) is 0 Å². The van der Waals surface area contributed by atoms with Gasteiger partial charge in [-0.2, -0.15) is 0 Å². The summed E-state index contributed by atoms with van der Waals surface area (Å²) < 4.78 is 0.238. The summed E-state index contributed by atoms with van der Waals surface area (Å²) in [7, 11) is 13.2. The van der Waals surface area contributed by atoms with Crippen molar-refractivity contribution < 1.29 is 19.4 Å². The van der Waals surface area contributed by atoms with Crippen LogP contribution < -0.4 is 0 Å². The van der Waals surface area contributed by atoms with Gasteiger partial charge in [-0.3, -0.25) is 0 Å². The zero-order valence-corrected chi connectivity index (χ0v) is 22.8. The van der Waals surface area contributed by atoms with Crippen LogP contribution in [0.2, 0.25) is 0 Å². The van der Waals surface area contributed by atoms with E-state index < -0.39 is 19.4 Å². The molecule has 0 nitrogen and oxygen atoms in total. The van der Waals surface area contributed by atoms with Gasteiger partial charge in [0.2, 0.25) is 0 Å². The number of hydrogen-bond acceptors (Lipinski definition) is 0.